The molecule has 0 radical (unpaired) electrons. The van der Waals surface area contributed by atoms with Gasteiger partial charge in [0.15, 0.2) is 0 Å². The second-order valence-corrected chi connectivity index (χ2v) is 6.00. The largest absolute Gasteiger partial charge is 0.490 e. The van der Waals surface area contributed by atoms with Crippen molar-refractivity contribution in [3.8, 4) is 5.75 Å². The summed E-state index contributed by atoms with van der Waals surface area (Å²) in [7, 11) is 0. The third kappa shape index (κ3) is 3.47. The van der Waals surface area contributed by atoms with Gasteiger partial charge in [0.1, 0.15) is 11.6 Å². The van der Waals surface area contributed by atoms with Gasteiger partial charge in [0.05, 0.1) is 6.10 Å². The van der Waals surface area contributed by atoms with Gasteiger partial charge < -0.3 is 4.74 Å². The highest BCUT2D eigenvalue weighted by Crippen LogP contribution is 2.32. The zero-order valence-electron chi connectivity index (χ0n) is 11.0. The van der Waals surface area contributed by atoms with Gasteiger partial charge in [0, 0.05) is 11.4 Å². The summed E-state index contributed by atoms with van der Waals surface area (Å²) in [6.07, 6.45) is 3.58. The van der Waals surface area contributed by atoms with Crippen LogP contribution in [0.3, 0.4) is 0 Å². The van der Waals surface area contributed by atoms with Gasteiger partial charge in [-0.15, -0.1) is 0 Å². The molecule has 1 aliphatic carbocycles. The van der Waals surface area contributed by atoms with Gasteiger partial charge in [0.2, 0.25) is 0 Å². The Kier molecular flexibility index (Phi) is 4.66. The molecule has 0 spiro atoms. The highest BCUT2D eigenvalue weighted by molar-refractivity contribution is 9.08. The number of halogens is 2. The molecule has 0 amide bonds. The highest BCUT2D eigenvalue weighted by atomic mass is 79.9. The number of ether oxygens (including phenoxy) is 1. The molecule has 18 heavy (non-hydrogen) atoms. The van der Waals surface area contributed by atoms with Crippen LogP contribution in [-0.4, -0.2) is 6.10 Å². The molecule has 1 aromatic rings. The minimum Gasteiger partial charge on any atom is -0.490 e. The van der Waals surface area contributed by atoms with Gasteiger partial charge in [-0.3, -0.25) is 0 Å². The molecule has 0 heterocycles. The summed E-state index contributed by atoms with van der Waals surface area (Å²) in [5, 5.41) is 0.652. The van der Waals surface area contributed by atoms with Crippen LogP contribution in [0.2, 0.25) is 0 Å². The molecule has 100 valence electrons. The number of alkyl halides is 1. The predicted molar refractivity (Wildman–Crippen MR) is 75.6 cm³/mol. The van der Waals surface area contributed by atoms with Crippen molar-refractivity contribution in [1.29, 1.82) is 0 Å². The molecule has 1 nitrogen and oxygen atoms in total. The van der Waals surface area contributed by atoms with Gasteiger partial charge in [0.25, 0.3) is 0 Å². The molecular formula is C15H20BrFO. The second-order valence-electron chi connectivity index (χ2n) is 5.44. The summed E-state index contributed by atoms with van der Waals surface area (Å²) < 4.78 is 19.3. The normalized spacial score (nSPS) is 28.1. The lowest BCUT2D eigenvalue weighted by molar-refractivity contribution is 0.100. The van der Waals surface area contributed by atoms with Gasteiger partial charge in [-0.1, -0.05) is 29.8 Å². The van der Waals surface area contributed by atoms with Gasteiger partial charge in [-0.05, 0) is 48.8 Å². The van der Waals surface area contributed by atoms with E-state index in [1.165, 1.54) is 18.6 Å². The molecule has 3 atom stereocenters. The zero-order valence-corrected chi connectivity index (χ0v) is 12.5. The molecular weight excluding hydrogens is 295 g/mol. The standard InChI is InChI=1S/C15H20BrFO/c1-10-3-4-14(5-11(10)2)18-15-7-12(9-16)6-13(17)8-15/h6-8,10-11,14H,3-5,9H2,1-2H3. The Bertz CT molecular complexity index is 407. The fourth-order valence-electron chi connectivity index (χ4n) is 2.56. The Balaban J connectivity index is 2.03. The number of hydrogen-bond acceptors (Lipinski definition) is 1. The molecule has 0 N–H and O–H groups in total. The Morgan fingerprint density at radius 3 is 2.67 bits per heavy atom. The predicted octanol–water partition coefficient (Wildman–Crippen LogP) is 4.92. The summed E-state index contributed by atoms with van der Waals surface area (Å²) in [6.45, 7) is 4.57. The minimum atomic E-state index is -0.223. The zero-order chi connectivity index (χ0) is 13.1. The summed E-state index contributed by atoms with van der Waals surface area (Å²) in [6, 6.07) is 4.93. The summed E-state index contributed by atoms with van der Waals surface area (Å²) in [5.41, 5.74) is 0.919. The van der Waals surface area contributed by atoms with E-state index in [-0.39, 0.29) is 11.9 Å². The van der Waals surface area contributed by atoms with E-state index in [4.69, 9.17) is 4.74 Å². The van der Waals surface area contributed by atoms with Gasteiger partial charge in [-0.25, -0.2) is 4.39 Å². The van der Waals surface area contributed by atoms with Crippen molar-refractivity contribution in [3.05, 3.63) is 29.6 Å². The third-order valence-corrected chi connectivity index (χ3v) is 4.59. The SMILES string of the molecule is CC1CCC(Oc2cc(F)cc(CBr)c2)CC1C. The maximum absolute atomic E-state index is 13.4. The van der Waals surface area contributed by atoms with Crippen LogP contribution in [0.5, 0.6) is 5.75 Å². The van der Waals surface area contributed by atoms with Crippen LogP contribution in [0.1, 0.15) is 38.7 Å². The average molecular weight is 315 g/mol. The molecule has 0 saturated heterocycles. The minimum absolute atomic E-state index is 0.223. The molecule has 3 unspecified atom stereocenters. The van der Waals surface area contributed by atoms with Crippen molar-refractivity contribution in [2.24, 2.45) is 11.8 Å². The van der Waals surface area contributed by atoms with E-state index in [1.54, 1.807) is 0 Å². The van der Waals surface area contributed by atoms with Gasteiger partial charge >= 0.3 is 0 Å². The maximum atomic E-state index is 13.4. The van der Waals surface area contributed by atoms with E-state index in [0.717, 1.165) is 24.3 Å². The first-order valence-corrected chi connectivity index (χ1v) is 7.72. The van der Waals surface area contributed by atoms with Gasteiger partial charge in [-0.2, -0.15) is 0 Å². The van der Waals surface area contributed by atoms with E-state index in [9.17, 15) is 4.39 Å². The van der Waals surface area contributed by atoms with Crippen molar-refractivity contribution in [3.63, 3.8) is 0 Å². The van der Waals surface area contributed by atoms with Crippen LogP contribution in [0.15, 0.2) is 18.2 Å². The van der Waals surface area contributed by atoms with E-state index in [1.807, 2.05) is 6.07 Å². The van der Waals surface area contributed by atoms with Crippen LogP contribution >= 0.6 is 15.9 Å². The Hall–Kier alpha value is -0.570. The average Bonchev–Trinajstić information content (AvgIpc) is 2.33. The highest BCUT2D eigenvalue weighted by Gasteiger charge is 2.25. The summed E-state index contributed by atoms with van der Waals surface area (Å²) in [4.78, 5) is 0. The Morgan fingerprint density at radius 1 is 1.22 bits per heavy atom. The number of benzene rings is 1. The van der Waals surface area contributed by atoms with Crippen molar-refractivity contribution in [2.75, 3.05) is 0 Å². The first kappa shape index (κ1) is 13.9. The van der Waals surface area contributed by atoms with Crippen molar-refractivity contribution < 1.29 is 9.13 Å². The maximum Gasteiger partial charge on any atom is 0.127 e. The molecule has 1 aromatic carbocycles. The molecule has 0 bridgehead atoms. The quantitative estimate of drug-likeness (QED) is 0.719. The van der Waals surface area contributed by atoms with Crippen LogP contribution in [0, 0.1) is 17.7 Å². The Labute approximate surface area is 117 Å². The van der Waals surface area contributed by atoms with E-state index in [2.05, 4.69) is 29.8 Å². The van der Waals surface area contributed by atoms with Crippen molar-refractivity contribution in [1.82, 2.24) is 0 Å². The number of hydrogen-bond donors (Lipinski definition) is 0. The van der Waals surface area contributed by atoms with Crippen LogP contribution < -0.4 is 4.74 Å². The number of rotatable bonds is 3. The van der Waals surface area contributed by atoms with Crippen molar-refractivity contribution >= 4 is 15.9 Å². The molecule has 3 heteroatoms. The molecule has 0 aromatic heterocycles. The molecule has 2 rings (SSSR count). The third-order valence-electron chi connectivity index (χ3n) is 3.94. The Morgan fingerprint density at radius 2 is 2.00 bits per heavy atom. The lowest BCUT2D eigenvalue weighted by atomic mass is 9.80. The van der Waals surface area contributed by atoms with Crippen LogP contribution in [-0.2, 0) is 5.33 Å². The van der Waals surface area contributed by atoms with E-state index < -0.39 is 0 Å². The summed E-state index contributed by atoms with van der Waals surface area (Å²) >= 11 is 3.35. The smallest absolute Gasteiger partial charge is 0.127 e. The molecule has 1 saturated carbocycles. The van der Waals surface area contributed by atoms with Crippen LogP contribution in [0.4, 0.5) is 4.39 Å². The van der Waals surface area contributed by atoms with E-state index >= 15 is 0 Å². The molecule has 0 aliphatic heterocycles. The topological polar surface area (TPSA) is 9.23 Å². The summed E-state index contributed by atoms with van der Waals surface area (Å²) in [5.74, 6) is 1.90. The van der Waals surface area contributed by atoms with E-state index in [0.29, 0.717) is 17.0 Å². The van der Waals surface area contributed by atoms with Crippen LogP contribution in [0.25, 0.3) is 0 Å². The lowest BCUT2D eigenvalue weighted by Crippen LogP contribution is -2.28. The lowest BCUT2D eigenvalue weighted by Gasteiger charge is -2.32. The van der Waals surface area contributed by atoms with Crippen molar-refractivity contribution in [2.45, 2.75) is 44.5 Å². The fraction of sp³-hybridized carbons (Fsp3) is 0.600. The fourth-order valence-corrected chi connectivity index (χ4v) is 2.89. The monoisotopic (exact) mass is 314 g/mol. The molecule has 1 fully saturated rings. The first-order valence-electron chi connectivity index (χ1n) is 6.60. The molecule has 1 aliphatic rings. The first-order chi connectivity index (χ1) is 8.58. The second kappa shape index (κ2) is 6.05.